The number of nitrogens with zero attached hydrogens (tertiary/aromatic N) is 3. The minimum atomic E-state index is -0.0172. The fraction of sp³-hybridized carbons (Fsp3) is 0.769. The zero-order chi connectivity index (χ0) is 14.4. The van der Waals surface area contributed by atoms with Crippen LogP contribution in [0.25, 0.3) is 0 Å². The maximum Gasteiger partial charge on any atom is 0.242 e. The normalized spacial score (nSPS) is 10.3. The van der Waals surface area contributed by atoms with Gasteiger partial charge in [0.25, 0.3) is 0 Å². The summed E-state index contributed by atoms with van der Waals surface area (Å²) >= 11 is 0. The van der Waals surface area contributed by atoms with Crippen molar-refractivity contribution in [3.8, 4) is 0 Å². The van der Waals surface area contributed by atoms with Crippen LogP contribution in [0.1, 0.15) is 54.4 Å². The molecule has 0 aromatic carbocycles. The van der Waals surface area contributed by atoms with Crippen molar-refractivity contribution < 1.29 is 4.79 Å². The first-order valence-electron chi connectivity index (χ1n) is 6.86. The van der Waals surface area contributed by atoms with E-state index in [4.69, 9.17) is 0 Å². The maximum absolute atomic E-state index is 11.4. The summed E-state index contributed by atoms with van der Waals surface area (Å²) in [7, 11) is 0. The molecule has 1 rings (SSSR count). The van der Waals surface area contributed by atoms with Crippen molar-refractivity contribution in [2.75, 3.05) is 0 Å². The third kappa shape index (κ3) is 9.81. The first kappa shape index (κ1) is 19.0. The van der Waals surface area contributed by atoms with Gasteiger partial charge in [0.1, 0.15) is 6.54 Å². The van der Waals surface area contributed by atoms with E-state index in [0.717, 1.165) is 12.8 Å². The summed E-state index contributed by atoms with van der Waals surface area (Å²) in [5.41, 5.74) is 0. The molecule has 0 fully saturated rings. The van der Waals surface area contributed by atoms with Crippen molar-refractivity contribution in [3.63, 3.8) is 0 Å². The molecule has 0 bridgehead atoms. The van der Waals surface area contributed by atoms with Crippen molar-refractivity contribution in [1.29, 1.82) is 0 Å². The number of amides is 1. The van der Waals surface area contributed by atoms with Gasteiger partial charge in [0.15, 0.2) is 0 Å². The standard InChI is InChI=1S/C9H16N4O.2C2H6/c1-3-4-8(2)11-9(14)7-13-6-5-10-12-13;2*1-2/h5-6,8H,3-4,7H2,1-2H3,(H,11,14);2*1-2H3. The summed E-state index contributed by atoms with van der Waals surface area (Å²) in [6.07, 6.45) is 5.31. The van der Waals surface area contributed by atoms with Crippen LogP contribution in [-0.2, 0) is 11.3 Å². The molecule has 1 amide bonds. The molecule has 1 N–H and O–H groups in total. The Morgan fingerprint density at radius 1 is 1.33 bits per heavy atom. The van der Waals surface area contributed by atoms with Crippen LogP contribution < -0.4 is 5.32 Å². The topological polar surface area (TPSA) is 59.8 Å². The van der Waals surface area contributed by atoms with E-state index in [9.17, 15) is 4.79 Å². The third-order valence-electron chi connectivity index (χ3n) is 1.91. The summed E-state index contributed by atoms with van der Waals surface area (Å²) in [6.45, 7) is 12.3. The van der Waals surface area contributed by atoms with Gasteiger partial charge >= 0.3 is 0 Å². The second-order valence-electron chi connectivity index (χ2n) is 3.36. The van der Waals surface area contributed by atoms with Crippen LogP contribution >= 0.6 is 0 Å². The molecule has 0 saturated carbocycles. The number of carbonyl (C=O) groups excluding carboxylic acids is 1. The second-order valence-corrected chi connectivity index (χ2v) is 3.36. The second kappa shape index (κ2) is 13.7. The van der Waals surface area contributed by atoms with E-state index in [1.165, 1.54) is 4.68 Å². The van der Waals surface area contributed by atoms with Gasteiger partial charge in [-0.1, -0.05) is 46.3 Å². The molecule has 0 saturated heterocycles. The van der Waals surface area contributed by atoms with Crippen molar-refractivity contribution in [1.82, 2.24) is 20.3 Å². The van der Waals surface area contributed by atoms with Gasteiger partial charge < -0.3 is 5.32 Å². The van der Waals surface area contributed by atoms with E-state index in [1.54, 1.807) is 12.4 Å². The molecule has 1 aromatic rings. The molecule has 5 nitrogen and oxygen atoms in total. The monoisotopic (exact) mass is 256 g/mol. The zero-order valence-electron chi connectivity index (χ0n) is 12.6. The van der Waals surface area contributed by atoms with E-state index in [0.29, 0.717) is 0 Å². The van der Waals surface area contributed by atoms with Crippen molar-refractivity contribution in [2.45, 2.75) is 67.0 Å². The number of hydrogen-bond acceptors (Lipinski definition) is 3. The quantitative estimate of drug-likeness (QED) is 0.881. The van der Waals surface area contributed by atoms with Gasteiger partial charge in [0, 0.05) is 12.2 Å². The predicted molar refractivity (Wildman–Crippen MR) is 75.2 cm³/mol. The number of nitrogens with one attached hydrogen (secondary N) is 1. The van der Waals surface area contributed by atoms with Gasteiger partial charge in [-0.2, -0.15) is 0 Å². The Hall–Kier alpha value is -1.39. The summed E-state index contributed by atoms with van der Waals surface area (Å²) in [6, 6.07) is 0.232. The van der Waals surface area contributed by atoms with E-state index in [1.807, 2.05) is 34.6 Å². The summed E-state index contributed by atoms with van der Waals surface area (Å²) in [4.78, 5) is 11.4. The highest BCUT2D eigenvalue weighted by molar-refractivity contribution is 5.75. The SMILES string of the molecule is CC.CC.CCCC(C)NC(=O)Cn1ccnn1. The Balaban J connectivity index is 0. The molecule has 1 heterocycles. The highest BCUT2D eigenvalue weighted by Crippen LogP contribution is 1.94. The average molecular weight is 256 g/mol. The lowest BCUT2D eigenvalue weighted by Gasteiger charge is -2.12. The Kier molecular flexibility index (Phi) is 14.4. The van der Waals surface area contributed by atoms with Crippen LogP contribution in [0.3, 0.4) is 0 Å². The molecule has 1 unspecified atom stereocenters. The van der Waals surface area contributed by atoms with Gasteiger partial charge in [0.2, 0.25) is 5.91 Å². The van der Waals surface area contributed by atoms with Crippen molar-refractivity contribution in [2.24, 2.45) is 0 Å². The lowest BCUT2D eigenvalue weighted by Crippen LogP contribution is -2.35. The first-order chi connectivity index (χ1) is 8.72. The molecule has 0 radical (unpaired) electrons. The molecular weight excluding hydrogens is 228 g/mol. The van der Waals surface area contributed by atoms with Crippen LogP contribution in [0, 0.1) is 0 Å². The number of hydrogen-bond donors (Lipinski definition) is 1. The predicted octanol–water partition coefficient (Wildman–Crippen LogP) is 2.64. The van der Waals surface area contributed by atoms with Crippen LogP contribution in [0.2, 0.25) is 0 Å². The Labute approximate surface area is 111 Å². The minimum Gasteiger partial charge on any atom is -0.352 e. The number of rotatable bonds is 5. The fourth-order valence-corrected chi connectivity index (χ4v) is 1.29. The summed E-state index contributed by atoms with van der Waals surface area (Å²) in [5.74, 6) is -0.0172. The lowest BCUT2D eigenvalue weighted by molar-refractivity contribution is -0.122. The van der Waals surface area contributed by atoms with Crippen LogP contribution in [-0.4, -0.2) is 26.9 Å². The van der Waals surface area contributed by atoms with Gasteiger partial charge in [-0.15, -0.1) is 5.10 Å². The molecule has 0 aliphatic rings. The van der Waals surface area contributed by atoms with Gasteiger partial charge in [-0.25, -0.2) is 4.68 Å². The molecular formula is C13H28N4O. The number of aromatic nitrogens is 3. The fourth-order valence-electron chi connectivity index (χ4n) is 1.29. The minimum absolute atomic E-state index is 0.0172. The van der Waals surface area contributed by atoms with E-state index in [2.05, 4.69) is 22.6 Å². The van der Waals surface area contributed by atoms with E-state index in [-0.39, 0.29) is 18.5 Å². The van der Waals surface area contributed by atoms with Crippen LogP contribution in [0.15, 0.2) is 12.4 Å². The molecule has 0 spiro atoms. The van der Waals surface area contributed by atoms with Crippen LogP contribution in [0.5, 0.6) is 0 Å². The Morgan fingerprint density at radius 3 is 2.39 bits per heavy atom. The Morgan fingerprint density at radius 2 is 1.94 bits per heavy atom. The maximum atomic E-state index is 11.4. The van der Waals surface area contributed by atoms with Gasteiger partial charge in [-0.05, 0) is 13.3 Å². The molecule has 0 aliphatic heterocycles. The van der Waals surface area contributed by atoms with Gasteiger partial charge in [0.05, 0.1) is 6.20 Å². The lowest BCUT2D eigenvalue weighted by atomic mass is 10.2. The molecule has 18 heavy (non-hydrogen) atoms. The molecule has 1 aromatic heterocycles. The molecule has 106 valence electrons. The summed E-state index contributed by atoms with van der Waals surface area (Å²) < 4.78 is 1.51. The van der Waals surface area contributed by atoms with Gasteiger partial charge in [-0.3, -0.25) is 4.79 Å². The Bertz CT molecular complexity index is 273. The van der Waals surface area contributed by atoms with E-state index >= 15 is 0 Å². The highest BCUT2D eigenvalue weighted by Gasteiger charge is 2.06. The first-order valence-corrected chi connectivity index (χ1v) is 6.86. The van der Waals surface area contributed by atoms with E-state index < -0.39 is 0 Å². The molecule has 5 heteroatoms. The van der Waals surface area contributed by atoms with Crippen molar-refractivity contribution >= 4 is 5.91 Å². The van der Waals surface area contributed by atoms with Crippen molar-refractivity contribution in [3.05, 3.63) is 12.4 Å². The highest BCUT2D eigenvalue weighted by atomic mass is 16.2. The summed E-state index contributed by atoms with van der Waals surface area (Å²) in [5, 5.41) is 10.2. The zero-order valence-corrected chi connectivity index (χ0v) is 12.6. The number of carbonyl (C=O) groups is 1. The molecule has 1 atom stereocenters. The largest absolute Gasteiger partial charge is 0.352 e. The smallest absolute Gasteiger partial charge is 0.242 e. The van der Waals surface area contributed by atoms with Crippen LogP contribution in [0.4, 0.5) is 0 Å². The molecule has 0 aliphatic carbocycles. The average Bonchev–Trinajstić information content (AvgIpc) is 2.87. The third-order valence-corrected chi connectivity index (χ3v) is 1.91.